The van der Waals surface area contributed by atoms with Crippen molar-refractivity contribution in [2.24, 2.45) is 0 Å². The highest BCUT2D eigenvalue weighted by atomic mass is 16.7. The molecule has 1 amide bonds. The van der Waals surface area contributed by atoms with E-state index in [-0.39, 0.29) is 12.5 Å². The van der Waals surface area contributed by atoms with Crippen LogP contribution in [0.25, 0.3) is 0 Å². The van der Waals surface area contributed by atoms with E-state index in [4.69, 9.17) is 18.9 Å². The van der Waals surface area contributed by atoms with Gasteiger partial charge in [0.25, 0.3) is 0 Å². The highest BCUT2D eigenvalue weighted by molar-refractivity contribution is 5.76. The fraction of sp³-hybridized carbons (Fsp3) is 0.917. The third-order valence-electron chi connectivity index (χ3n) is 20.9. The standard InChI is InChI=1S/C84H159NO13/c1-3-5-7-9-11-13-15-17-19-21-23-25-27-29-31-33-35-36-38-39-41-43-45-47-49-51-53-55-57-59-61-63-65-67-73(88)72(71-95-83-81(94)79(92)82(75(70-87)97-83)98-84-80(93)78(91)77(90)74(69-86)96-84)85-76(89)68-66-64-62-60-58-56-54-52-50-48-46-44-42-40-37-34-32-30-28-26-24-22-20-18-16-14-12-10-8-6-4-2/h16,18,22,24,28,30,72-75,77-84,86-88,90-94H,3-15,17,19-21,23,25-27,29,31-71H2,1-2H3,(H,85,89)/b18-16-,24-22-,30-28-. The highest BCUT2D eigenvalue weighted by Gasteiger charge is 2.51. The van der Waals surface area contributed by atoms with Crippen LogP contribution in [0.5, 0.6) is 0 Å². The van der Waals surface area contributed by atoms with E-state index in [0.717, 1.165) is 64.2 Å². The van der Waals surface area contributed by atoms with Crippen molar-refractivity contribution in [3.8, 4) is 0 Å². The van der Waals surface area contributed by atoms with E-state index in [0.29, 0.717) is 12.8 Å². The van der Waals surface area contributed by atoms with Gasteiger partial charge >= 0.3 is 0 Å². The minimum atomic E-state index is -1.78. The van der Waals surface area contributed by atoms with Gasteiger partial charge in [0, 0.05) is 6.42 Å². The Hall–Kier alpha value is -1.79. The van der Waals surface area contributed by atoms with Crippen molar-refractivity contribution in [3.63, 3.8) is 0 Å². The summed E-state index contributed by atoms with van der Waals surface area (Å²) >= 11 is 0. The van der Waals surface area contributed by atoms with Gasteiger partial charge in [-0.2, -0.15) is 0 Å². The van der Waals surface area contributed by atoms with Gasteiger partial charge in [-0.3, -0.25) is 4.79 Å². The Morgan fingerprint density at radius 2 is 0.673 bits per heavy atom. The normalized spacial score (nSPS) is 22.1. The molecule has 2 aliphatic rings. The van der Waals surface area contributed by atoms with Crippen LogP contribution in [-0.4, -0.2) is 140 Å². The molecule has 12 unspecified atom stereocenters. The Balaban J connectivity index is 1.59. The molecule has 2 rings (SSSR count). The second-order valence-electron chi connectivity index (χ2n) is 30.0. The van der Waals surface area contributed by atoms with Gasteiger partial charge in [-0.05, 0) is 51.4 Å². The Kier molecular flexibility index (Phi) is 64.3. The van der Waals surface area contributed by atoms with Crippen LogP contribution in [0.3, 0.4) is 0 Å². The molecule has 0 bridgehead atoms. The highest BCUT2D eigenvalue weighted by Crippen LogP contribution is 2.31. The van der Waals surface area contributed by atoms with Gasteiger partial charge in [-0.15, -0.1) is 0 Å². The molecule has 2 aliphatic heterocycles. The minimum Gasteiger partial charge on any atom is -0.394 e. The molecule has 2 fully saturated rings. The Labute approximate surface area is 601 Å². The molecule has 0 aromatic rings. The van der Waals surface area contributed by atoms with Crippen LogP contribution in [0.4, 0.5) is 0 Å². The van der Waals surface area contributed by atoms with Gasteiger partial charge < -0.3 is 65.1 Å². The number of nitrogens with one attached hydrogen (secondary N) is 1. The summed E-state index contributed by atoms with van der Waals surface area (Å²) in [6.45, 7) is 2.92. The van der Waals surface area contributed by atoms with Gasteiger partial charge in [0.1, 0.15) is 48.8 Å². The molecule has 14 nitrogen and oxygen atoms in total. The SMILES string of the molecule is CCCCCCC/C=C\C/C=C\C/C=C\CCCCCCCCCCCCCCCCCCC(=O)NC(COC1OC(CO)C(OC2OC(CO)C(O)C(O)C2O)C(O)C1O)C(O)CCCCCCCCCCCCCCCCCCCCCCCCCCCCCCCCCCC. The Morgan fingerprint density at radius 1 is 0.367 bits per heavy atom. The van der Waals surface area contributed by atoms with Gasteiger partial charge in [0.2, 0.25) is 5.91 Å². The lowest BCUT2D eigenvalue weighted by atomic mass is 9.97. The zero-order chi connectivity index (χ0) is 70.8. The van der Waals surface area contributed by atoms with Crippen molar-refractivity contribution in [3.05, 3.63) is 36.5 Å². The number of carbonyl (C=O) groups is 1. The quantitative estimate of drug-likeness (QED) is 0.0204. The van der Waals surface area contributed by atoms with Crippen molar-refractivity contribution in [1.82, 2.24) is 5.32 Å². The first kappa shape index (κ1) is 92.3. The van der Waals surface area contributed by atoms with Crippen molar-refractivity contribution in [2.75, 3.05) is 19.8 Å². The monoisotopic (exact) mass is 1390 g/mol. The fourth-order valence-corrected chi connectivity index (χ4v) is 14.2. The molecule has 0 spiro atoms. The summed E-state index contributed by atoms with van der Waals surface area (Å²) in [5.74, 6) is -0.200. The van der Waals surface area contributed by atoms with E-state index >= 15 is 0 Å². The summed E-state index contributed by atoms with van der Waals surface area (Å²) in [4.78, 5) is 13.4. The molecule has 0 radical (unpaired) electrons. The van der Waals surface area contributed by atoms with Crippen LogP contribution >= 0.6 is 0 Å². The van der Waals surface area contributed by atoms with Crippen molar-refractivity contribution >= 4 is 5.91 Å². The summed E-state index contributed by atoms with van der Waals surface area (Å²) in [6.07, 6.45) is 73.4. The van der Waals surface area contributed by atoms with Crippen LogP contribution in [0, 0.1) is 0 Å². The minimum absolute atomic E-state index is 0.200. The molecule has 0 aromatic carbocycles. The van der Waals surface area contributed by atoms with Crippen molar-refractivity contribution < 1.29 is 64.6 Å². The molecule has 2 heterocycles. The Bertz CT molecular complexity index is 1780. The lowest BCUT2D eigenvalue weighted by Crippen LogP contribution is -2.65. The van der Waals surface area contributed by atoms with Gasteiger partial charge in [-0.1, -0.05) is 378 Å². The van der Waals surface area contributed by atoms with Gasteiger partial charge in [0.05, 0.1) is 32.0 Å². The summed E-state index contributed by atoms with van der Waals surface area (Å²) in [7, 11) is 0. The number of carbonyl (C=O) groups excluding carboxylic acids is 1. The fourth-order valence-electron chi connectivity index (χ4n) is 14.2. The van der Waals surface area contributed by atoms with Crippen molar-refractivity contribution in [2.45, 2.75) is 473 Å². The molecule has 578 valence electrons. The number of aliphatic hydroxyl groups is 8. The third-order valence-corrected chi connectivity index (χ3v) is 20.9. The maximum Gasteiger partial charge on any atom is 0.220 e. The van der Waals surface area contributed by atoms with Crippen LogP contribution in [-0.2, 0) is 23.7 Å². The lowest BCUT2D eigenvalue weighted by molar-refractivity contribution is -0.359. The predicted octanol–water partition coefficient (Wildman–Crippen LogP) is 19.6. The first-order chi connectivity index (χ1) is 48.1. The molecule has 0 aromatic heterocycles. The van der Waals surface area contributed by atoms with E-state index in [1.807, 2.05) is 0 Å². The molecule has 0 aliphatic carbocycles. The number of unbranched alkanes of at least 4 members (excludes halogenated alkanes) is 53. The number of allylic oxidation sites excluding steroid dienone is 6. The van der Waals surface area contributed by atoms with Crippen LogP contribution < -0.4 is 5.32 Å². The summed E-state index contributed by atoms with van der Waals surface area (Å²) in [6, 6.07) is -0.831. The third kappa shape index (κ3) is 50.6. The zero-order valence-electron chi connectivity index (χ0n) is 63.6. The van der Waals surface area contributed by atoms with Crippen molar-refractivity contribution in [1.29, 1.82) is 0 Å². The second-order valence-corrected chi connectivity index (χ2v) is 30.0. The summed E-state index contributed by atoms with van der Waals surface area (Å²) < 4.78 is 23.0. The topological polar surface area (TPSA) is 228 Å². The molecule has 9 N–H and O–H groups in total. The van der Waals surface area contributed by atoms with E-state index in [2.05, 4.69) is 55.6 Å². The predicted molar refractivity (Wildman–Crippen MR) is 406 cm³/mol. The average molecular weight is 1390 g/mol. The van der Waals surface area contributed by atoms with Crippen LogP contribution in [0.15, 0.2) is 36.5 Å². The van der Waals surface area contributed by atoms with E-state index < -0.39 is 86.8 Å². The second kappa shape index (κ2) is 68.3. The summed E-state index contributed by atoms with van der Waals surface area (Å²) in [5.41, 5.74) is 0. The summed E-state index contributed by atoms with van der Waals surface area (Å²) in [5, 5.41) is 88.0. The average Bonchev–Trinajstić information content (AvgIpc) is 0.793. The molecular formula is C84H159NO13. The number of amides is 1. The van der Waals surface area contributed by atoms with Crippen LogP contribution in [0.2, 0.25) is 0 Å². The number of ether oxygens (including phenoxy) is 4. The van der Waals surface area contributed by atoms with Gasteiger partial charge in [-0.25, -0.2) is 0 Å². The van der Waals surface area contributed by atoms with E-state index in [1.165, 1.54) is 308 Å². The van der Waals surface area contributed by atoms with E-state index in [1.54, 1.807) is 0 Å². The number of rotatable bonds is 72. The van der Waals surface area contributed by atoms with Gasteiger partial charge in [0.15, 0.2) is 12.6 Å². The zero-order valence-corrected chi connectivity index (χ0v) is 63.6. The lowest BCUT2D eigenvalue weighted by Gasteiger charge is -2.46. The molecular weight excluding hydrogens is 1230 g/mol. The molecule has 12 atom stereocenters. The molecule has 0 saturated carbocycles. The number of hydrogen-bond donors (Lipinski definition) is 9. The molecule has 14 heteroatoms. The molecule has 2 saturated heterocycles. The Morgan fingerprint density at radius 3 is 1.03 bits per heavy atom. The van der Waals surface area contributed by atoms with Crippen LogP contribution in [0.1, 0.15) is 399 Å². The van der Waals surface area contributed by atoms with E-state index in [9.17, 15) is 45.6 Å². The maximum absolute atomic E-state index is 13.4. The first-order valence-corrected chi connectivity index (χ1v) is 42.2. The largest absolute Gasteiger partial charge is 0.394 e. The maximum atomic E-state index is 13.4. The number of aliphatic hydroxyl groups excluding tert-OH is 8. The smallest absolute Gasteiger partial charge is 0.220 e. The first-order valence-electron chi connectivity index (χ1n) is 42.2. The number of hydrogen-bond acceptors (Lipinski definition) is 13. The molecule has 98 heavy (non-hydrogen) atoms.